The summed E-state index contributed by atoms with van der Waals surface area (Å²) in [6, 6.07) is 8.37. The Kier molecular flexibility index (Phi) is 4.14. The quantitative estimate of drug-likeness (QED) is 0.931. The number of hydrogen-bond donors (Lipinski definition) is 1. The third-order valence-corrected chi connectivity index (χ3v) is 4.07. The van der Waals surface area contributed by atoms with Crippen molar-refractivity contribution in [3.8, 4) is 11.5 Å². The Morgan fingerprint density at radius 3 is 3.05 bits per heavy atom. The molecule has 0 amide bonds. The number of aromatic nitrogens is 2. The van der Waals surface area contributed by atoms with E-state index in [-0.39, 0.29) is 0 Å². The van der Waals surface area contributed by atoms with Crippen molar-refractivity contribution in [1.29, 1.82) is 0 Å². The van der Waals surface area contributed by atoms with Crippen molar-refractivity contribution in [3.63, 3.8) is 0 Å². The van der Waals surface area contributed by atoms with Crippen LogP contribution < -0.4 is 5.32 Å². The molecule has 1 aliphatic heterocycles. The molecule has 1 saturated heterocycles. The minimum atomic E-state index is 0.509. The standard InChI is InChI=1S/C14H17BrN4O/c1-10-8-19(7-6-16-10)9-13-17-18-14(20-13)11-4-2-3-5-12(11)15/h2-5,10,16H,6-9H2,1H3/t10-/m0/s1. The van der Waals surface area contributed by atoms with E-state index in [9.17, 15) is 0 Å². The highest BCUT2D eigenvalue weighted by Crippen LogP contribution is 2.26. The van der Waals surface area contributed by atoms with Gasteiger partial charge in [-0.15, -0.1) is 10.2 Å². The molecule has 0 unspecified atom stereocenters. The van der Waals surface area contributed by atoms with Gasteiger partial charge in [-0.3, -0.25) is 4.90 Å². The van der Waals surface area contributed by atoms with Crippen LogP contribution in [0.2, 0.25) is 0 Å². The lowest BCUT2D eigenvalue weighted by atomic mass is 10.2. The smallest absolute Gasteiger partial charge is 0.248 e. The van der Waals surface area contributed by atoms with Crippen molar-refractivity contribution in [2.45, 2.75) is 19.5 Å². The van der Waals surface area contributed by atoms with E-state index in [1.54, 1.807) is 0 Å². The van der Waals surface area contributed by atoms with Gasteiger partial charge >= 0.3 is 0 Å². The average molecular weight is 337 g/mol. The topological polar surface area (TPSA) is 54.2 Å². The summed E-state index contributed by atoms with van der Waals surface area (Å²) in [5.74, 6) is 1.24. The number of halogens is 1. The Morgan fingerprint density at radius 1 is 1.40 bits per heavy atom. The molecule has 3 rings (SSSR count). The summed E-state index contributed by atoms with van der Waals surface area (Å²) in [6.07, 6.45) is 0. The first kappa shape index (κ1) is 13.7. The zero-order chi connectivity index (χ0) is 13.9. The van der Waals surface area contributed by atoms with Crippen molar-refractivity contribution in [1.82, 2.24) is 20.4 Å². The lowest BCUT2D eigenvalue weighted by Gasteiger charge is -2.30. The number of hydrogen-bond acceptors (Lipinski definition) is 5. The molecule has 1 aromatic carbocycles. The maximum absolute atomic E-state index is 5.77. The van der Waals surface area contributed by atoms with Crippen LogP contribution in [0.5, 0.6) is 0 Å². The normalized spacial score (nSPS) is 20.2. The third kappa shape index (κ3) is 3.08. The second-order valence-electron chi connectivity index (χ2n) is 5.07. The molecule has 5 nitrogen and oxygen atoms in total. The zero-order valence-electron chi connectivity index (χ0n) is 11.3. The van der Waals surface area contributed by atoms with Crippen molar-refractivity contribution in [2.24, 2.45) is 0 Å². The number of nitrogens with zero attached hydrogens (tertiary/aromatic N) is 3. The van der Waals surface area contributed by atoms with E-state index in [1.165, 1.54) is 0 Å². The summed E-state index contributed by atoms with van der Waals surface area (Å²) in [4.78, 5) is 2.33. The third-order valence-electron chi connectivity index (χ3n) is 3.38. The minimum absolute atomic E-state index is 0.509. The van der Waals surface area contributed by atoms with E-state index in [0.717, 1.165) is 29.7 Å². The Balaban J connectivity index is 1.72. The van der Waals surface area contributed by atoms with Crippen LogP contribution in [0.3, 0.4) is 0 Å². The lowest BCUT2D eigenvalue weighted by Crippen LogP contribution is -2.48. The molecule has 0 saturated carbocycles. The molecule has 0 bridgehead atoms. The molecule has 1 fully saturated rings. The van der Waals surface area contributed by atoms with E-state index in [4.69, 9.17) is 4.42 Å². The molecule has 2 heterocycles. The highest BCUT2D eigenvalue weighted by atomic mass is 79.9. The highest BCUT2D eigenvalue weighted by Gasteiger charge is 2.18. The molecule has 106 valence electrons. The van der Waals surface area contributed by atoms with Crippen LogP contribution in [0, 0.1) is 0 Å². The van der Waals surface area contributed by atoms with Gasteiger partial charge in [0.25, 0.3) is 0 Å². The van der Waals surface area contributed by atoms with Crippen molar-refractivity contribution < 1.29 is 4.42 Å². The SMILES string of the molecule is C[C@H]1CN(Cc2nnc(-c3ccccc3Br)o2)CCN1. The molecule has 0 aliphatic carbocycles. The number of piperazine rings is 1. The first-order valence-electron chi connectivity index (χ1n) is 6.75. The summed E-state index contributed by atoms with van der Waals surface area (Å²) in [7, 11) is 0. The molecule has 1 aromatic heterocycles. The van der Waals surface area contributed by atoms with Crippen molar-refractivity contribution >= 4 is 15.9 Å². The molecule has 0 radical (unpaired) electrons. The van der Waals surface area contributed by atoms with Crippen LogP contribution in [0.4, 0.5) is 0 Å². The summed E-state index contributed by atoms with van der Waals surface area (Å²) >= 11 is 3.50. The molecule has 2 aromatic rings. The van der Waals surface area contributed by atoms with Gasteiger partial charge in [0.15, 0.2) is 0 Å². The Morgan fingerprint density at radius 2 is 2.25 bits per heavy atom. The predicted octanol–water partition coefficient (Wildman–Crippen LogP) is 2.29. The van der Waals surface area contributed by atoms with Gasteiger partial charge in [-0.25, -0.2) is 0 Å². The largest absolute Gasteiger partial charge is 0.419 e. The fraction of sp³-hybridized carbons (Fsp3) is 0.429. The fourth-order valence-electron chi connectivity index (χ4n) is 2.41. The summed E-state index contributed by atoms with van der Waals surface area (Å²) in [5, 5.41) is 11.7. The summed E-state index contributed by atoms with van der Waals surface area (Å²) in [6.45, 7) is 5.92. The van der Waals surface area contributed by atoms with Gasteiger partial charge < -0.3 is 9.73 Å². The molecule has 1 atom stereocenters. The Labute approximate surface area is 126 Å². The van der Waals surface area contributed by atoms with Gasteiger partial charge in [0.2, 0.25) is 11.8 Å². The maximum Gasteiger partial charge on any atom is 0.248 e. The van der Waals surface area contributed by atoms with E-state index >= 15 is 0 Å². The van der Waals surface area contributed by atoms with Gasteiger partial charge in [0.05, 0.1) is 12.1 Å². The van der Waals surface area contributed by atoms with Gasteiger partial charge in [0, 0.05) is 30.1 Å². The van der Waals surface area contributed by atoms with Gasteiger partial charge in [0.1, 0.15) is 0 Å². The molecule has 1 aliphatic rings. The predicted molar refractivity (Wildman–Crippen MR) is 80.2 cm³/mol. The lowest BCUT2D eigenvalue weighted by molar-refractivity contribution is 0.184. The molecule has 0 spiro atoms. The maximum atomic E-state index is 5.77. The number of rotatable bonds is 3. The van der Waals surface area contributed by atoms with Crippen molar-refractivity contribution in [3.05, 3.63) is 34.6 Å². The Hall–Kier alpha value is -1.24. The highest BCUT2D eigenvalue weighted by molar-refractivity contribution is 9.10. The van der Waals surface area contributed by atoms with E-state index in [1.807, 2.05) is 24.3 Å². The molecule has 6 heteroatoms. The number of benzene rings is 1. The first-order valence-corrected chi connectivity index (χ1v) is 7.54. The van der Waals surface area contributed by atoms with Crippen molar-refractivity contribution in [2.75, 3.05) is 19.6 Å². The summed E-state index contributed by atoms with van der Waals surface area (Å²) < 4.78 is 6.74. The van der Waals surface area contributed by atoms with Gasteiger partial charge in [-0.05, 0) is 35.0 Å². The van der Waals surface area contributed by atoms with Crippen LogP contribution in [0.15, 0.2) is 33.2 Å². The summed E-state index contributed by atoms with van der Waals surface area (Å²) in [5.41, 5.74) is 0.930. The second kappa shape index (κ2) is 6.03. The molecule has 20 heavy (non-hydrogen) atoms. The van der Waals surface area contributed by atoms with Crippen LogP contribution in [-0.2, 0) is 6.54 Å². The fourth-order valence-corrected chi connectivity index (χ4v) is 2.86. The number of nitrogens with one attached hydrogen (secondary N) is 1. The van der Waals surface area contributed by atoms with Crippen LogP contribution in [0.25, 0.3) is 11.5 Å². The van der Waals surface area contributed by atoms with Gasteiger partial charge in [-0.1, -0.05) is 12.1 Å². The van der Waals surface area contributed by atoms with Gasteiger partial charge in [-0.2, -0.15) is 0 Å². The van der Waals surface area contributed by atoms with Crippen LogP contribution in [0.1, 0.15) is 12.8 Å². The van der Waals surface area contributed by atoms with E-state index < -0.39 is 0 Å². The average Bonchev–Trinajstić information content (AvgIpc) is 2.87. The Bertz CT molecular complexity index is 586. The zero-order valence-corrected chi connectivity index (χ0v) is 12.9. The van der Waals surface area contributed by atoms with E-state index in [0.29, 0.717) is 24.4 Å². The van der Waals surface area contributed by atoms with E-state index in [2.05, 4.69) is 43.3 Å². The molecule has 1 N–H and O–H groups in total. The second-order valence-corrected chi connectivity index (χ2v) is 5.93. The molecular weight excluding hydrogens is 320 g/mol. The first-order chi connectivity index (χ1) is 9.72. The minimum Gasteiger partial charge on any atom is -0.419 e. The molecular formula is C14H17BrN4O. The van der Waals surface area contributed by atoms with Crippen LogP contribution in [-0.4, -0.2) is 40.8 Å². The van der Waals surface area contributed by atoms with Crippen LogP contribution >= 0.6 is 15.9 Å². The monoisotopic (exact) mass is 336 g/mol.